The van der Waals surface area contributed by atoms with Gasteiger partial charge in [-0.05, 0) is 75.1 Å². The average Bonchev–Trinajstić information content (AvgIpc) is 2.80. The predicted molar refractivity (Wildman–Crippen MR) is 144 cm³/mol. The summed E-state index contributed by atoms with van der Waals surface area (Å²) in [6, 6.07) is 12.8. The van der Waals surface area contributed by atoms with Crippen LogP contribution in [0.15, 0.2) is 42.5 Å². The zero-order valence-electron chi connectivity index (χ0n) is 20.2. The van der Waals surface area contributed by atoms with Crippen molar-refractivity contribution in [3.05, 3.63) is 68.7 Å². The number of likely N-dealkylation sites (N-methyl/N-ethyl adjacent to an activating group) is 1. The molecule has 0 spiro atoms. The number of likely N-dealkylation sites (tertiary alicyclic amines) is 1. The van der Waals surface area contributed by atoms with Crippen molar-refractivity contribution in [2.75, 3.05) is 32.9 Å². The molecule has 3 rings (SSSR count). The van der Waals surface area contributed by atoms with Gasteiger partial charge in [-0.2, -0.15) is 0 Å². The van der Waals surface area contributed by atoms with Crippen LogP contribution in [0.2, 0.25) is 15.1 Å². The number of carbonyl (C=O) groups excluding carboxylic acids is 1. The van der Waals surface area contributed by atoms with Crippen LogP contribution in [0.1, 0.15) is 37.3 Å². The molecule has 1 saturated heterocycles. The topological polar surface area (TPSA) is 69.7 Å². The van der Waals surface area contributed by atoms with Gasteiger partial charge in [-0.3, -0.25) is 4.79 Å². The van der Waals surface area contributed by atoms with Crippen LogP contribution in [0, 0.1) is 0 Å². The molecule has 1 N–H and O–H groups in total. The van der Waals surface area contributed by atoms with Gasteiger partial charge < -0.3 is 9.80 Å². The second kappa shape index (κ2) is 11.8. The normalized spacial score (nSPS) is 17.2. The number of nitrogens with zero attached hydrogens (tertiary/aromatic N) is 2. The van der Waals surface area contributed by atoms with Gasteiger partial charge in [0.05, 0.1) is 21.7 Å². The first-order valence-corrected chi connectivity index (χ1v) is 14.6. The van der Waals surface area contributed by atoms with Gasteiger partial charge in [0.2, 0.25) is 15.9 Å². The lowest BCUT2D eigenvalue weighted by Gasteiger charge is -2.37. The molecule has 0 aliphatic carbocycles. The molecule has 1 aliphatic heterocycles. The maximum Gasteiger partial charge on any atom is 0.233 e. The second-order valence-electron chi connectivity index (χ2n) is 9.47. The van der Waals surface area contributed by atoms with E-state index in [2.05, 4.69) is 9.62 Å². The molecule has 2 aromatic carbocycles. The van der Waals surface area contributed by atoms with E-state index in [1.54, 1.807) is 24.1 Å². The predicted octanol–water partition coefficient (Wildman–Crippen LogP) is 4.97. The number of carbonyl (C=O) groups is 1. The molecule has 1 heterocycles. The summed E-state index contributed by atoms with van der Waals surface area (Å²) >= 11 is 18.8. The number of rotatable bonds is 9. The molecule has 0 bridgehead atoms. The molecule has 10 heteroatoms. The van der Waals surface area contributed by atoms with Crippen molar-refractivity contribution in [3.8, 4) is 0 Å². The minimum atomic E-state index is -3.22. The van der Waals surface area contributed by atoms with Crippen molar-refractivity contribution in [1.82, 2.24) is 14.5 Å². The summed E-state index contributed by atoms with van der Waals surface area (Å²) in [4.78, 5) is 17.8. The van der Waals surface area contributed by atoms with E-state index in [-0.39, 0.29) is 11.9 Å². The summed E-state index contributed by atoms with van der Waals surface area (Å²) < 4.78 is 25.8. The highest BCUT2D eigenvalue weighted by molar-refractivity contribution is 7.88. The summed E-state index contributed by atoms with van der Waals surface area (Å²) in [7, 11) is -1.44. The average molecular weight is 561 g/mol. The highest BCUT2D eigenvalue weighted by Gasteiger charge is 2.38. The Morgan fingerprint density at radius 1 is 1.09 bits per heavy atom. The highest BCUT2D eigenvalue weighted by atomic mass is 35.5. The monoisotopic (exact) mass is 559 g/mol. The van der Waals surface area contributed by atoms with Gasteiger partial charge in [0.25, 0.3) is 0 Å². The first-order valence-electron chi connectivity index (χ1n) is 11.5. The Morgan fingerprint density at radius 2 is 1.74 bits per heavy atom. The molecule has 1 unspecified atom stereocenters. The second-order valence-corrected chi connectivity index (χ2v) is 12.5. The fourth-order valence-electron chi connectivity index (χ4n) is 4.55. The molecule has 35 heavy (non-hydrogen) atoms. The molecule has 1 fully saturated rings. The van der Waals surface area contributed by atoms with Gasteiger partial charge in [0.1, 0.15) is 0 Å². The number of piperidine rings is 1. The summed E-state index contributed by atoms with van der Waals surface area (Å²) in [5.41, 5.74) is 0.838. The number of amides is 1. The third-order valence-corrected chi connectivity index (χ3v) is 8.51. The van der Waals surface area contributed by atoms with Crippen molar-refractivity contribution in [3.63, 3.8) is 0 Å². The first-order chi connectivity index (χ1) is 16.4. The van der Waals surface area contributed by atoms with E-state index >= 15 is 0 Å². The molecule has 2 aromatic rings. The van der Waals surface area contributed by atoms with Gasteiger partial charge in [0.15, 0.2) is 0 Å². The van der Waals surface area contributed by atoms with Gasteiger partial charge >= 0.3 is 0 Å². The molecular weight excluding hydrogens is 529 g/mol. The molecule has 0 saturated carbocycles. The molecule has 6 nitrogen and oxygen atoms in total. The summed E-state index contributed by atoms with van der Waals surface area (Å²) in [5.74, 6) is -0.0376. The minimum absolute atomic E-state index is 0.0376. The van der Waals surface area contributed by atoms with Crippen LogP contribution in [0.4, 0.5) is 0 Å². The van der Waals surface area contributed by atoms with Crippen LogP contribution in [0.25, 0.3) is 0 Å². The van der Waals surface area contributed by atoms with Crippen LogP contribution >= 0.6 is 34.8 Å². The number of benzene rings is 2. The Hall–Kier alpha value is -1.35. The summed E-state index contributed by atoms with van der Waals surface area (Å²) in [5, 5.41) is 1.47. The first kappa shape index (κ1) is 28.2. The van der Waals surface area contributed by atoms with E-state index in [1.165, 1.54) is 6.26 Å². The fourth-order valence-corrected chi connectivity index (χ4v) is 5.88. The maximum atomic E-state index is 13.9. The minimum Gasteiger partial charge on any atom is -0.341 e. The van der Waals surface area contributed by atoms with Crippen LogP contribution < -0.4 is 4.72 Å². The van der Waals surface area contributed by atoms with Gasteiger partial charge in [-0.15, -0.1) is 0 Å². The van der Waals surface area contributed by atoms with E-state index in [0.29, 0.717) is 34.6 Å². The van der Waals surface area contributed by atoms with Crippen LogP contribution in [-0.4, -0.2) is 63.1 Å². The number of nitrogens with one attached hydrogen (secondary N) is 1. The summed E-state index contributed by atoms with van der Waals surface area (Å²) in [6.07, 6.45) is 3.22. The molecule has 1 atom stereocenters. The van der Waals surface area contributed by atoms with Crippen molar-refractivity contribution in [1.29, 1.82) is 0 Å². The third-order valence-electron chi connectivity index (χ3n) is 6.64. The largest absolute Gasteiger partial charge is 0.341 e. The lowest BCUT2D eigenvalue weighted by atomic mass is 9.77. The molecule has 0 aromatic heterocycles. The summed E-state index contributed by atoms with van der Waals surface area (Å²) in [6.45, 7) is 4.53. The van der Waals surface area contributed by atoms with E-state index in [0.717, 1.165) is 37.1 Å². The highest BCUT2D eigenvalue weighted by Crippen LogP contribution is 2.35. The molecule has 0 radical (unpaired) electrons. The molecule has 1 amide bonds. The number of hydrogen-bond acceptors (Lipinski definition) is 4. The molecular formula is C25H32Cl3N3O3S. The van der Waals surface area contributed by atoms with Gasteiger partial charge in [-0.1, -0.05) is 59.1 Å². The Labute approximate surface area is 223 Å². The van der Waals surface area contributed by atoms with Crippen molar-refractivity contribution >= 4 is 50.7 Å². The number of halogens is 3. The van der Waals surface area contributed by atoms with E-state index in [4.69, 9.17) is 34.8 Å². The van der Waals surface area contributed by atoms with E-state index in [9.17, 15) is 13.2 Å². The number of sulfonamides is 1. The van der Waals surface area contributed by atoms with Gasteiger partial charge in [-0.25, -0.2) is 13.1 Å². The van der Waals surface area contributed by atoms with Gasteiger partial charge in [0, 0.05) is 24.7 Å². The van der Waals surface area contributed by atoms with Crippen molar-refractivity contribution in [2.45, 2.75) is 44.2 Å². The quantitative estimate of drug-likeness (QED) is 0.470. The molecule has 1 aliphatic rings. The van der Waals surface area contributed by atoms with Crippen molar-refractivity contribution in [2.24, 2.45) is 0 Å². The third kappa shape index (κ3) is 7.57. The van der Waals surface area contributed by atoms with Crippen molar-refractivity contribution < 1.29 is 13.2 Å². The number of hydrogen-bond donors (Lipinski definition) is 1. The zero-order valence-corrected chi connectivity index (χ0v) is 23.3. The standard InChI is InChI=1S/C25H32Cl3N3O3S/c1-25(19-8-9-22(27)23(28)16-19,24(32)30(2)17-18-6-4-5-7-21(18)26)12-15-31-13-10-20(11-14-31)29-35(3,33)34/h4-9,16,20,29H,10-15,17H2,1-3H3. The van der Waals surface area contributed by atoms with Crippen LogP contribution in [0.3, 0.4) is 0 Å². The molecule has 192 valence electrons. The van der Waals surface area contributed by atoms with Crippen LogP contribution in [-0.2, 0) is 26.8 Å². The Kier molecular flexibility index (Phi) is 9.51. The lowest BCUT2D eigenvalue weighted by molar-refractivity contribution is -0.136. The smallest absolute Gasteiger partial charge is 0.233 e. The Balaban J connectivity index is 1.77. The van der Waals surface area contributed by atoms with E-state index < -0.39 is 15.4 Å². The maximum absolute atomic E-state index is 13.9. The fraction of sp³-hybridized carbons (Fsp3) is 0.480. The van der Waals surface area contributed by atoms with E-state index in [1.807, 2.05) is 37.3 Å². The zero-order chi connectivity index (χ0) is 25.8. The lowest BCUT2D eigenvalue weighted by Crippen LogP contribution is -2.48. The Bertz CT molecular complexity index is 1150. The SMILES string of the molecule is CN(Cc1ccccc1Cl)C(=O)C(C)(CCN1CCC(NS(C)(=O)=O)CC1)c1ccc(Cl)c(Cl)c1. The Morgan fingerprint density at radius 3 is 2.34 bits per heavy atom. The van der Waals surface area contributed by atoms with Crippen LogP contribution in [0.5, 0.6) is 0 Å².